The fraction of sp³-hybridized carbons (Fsp3) is 0.700. The predicted molar refractivity (Wildman–Crippen MR) is 69.6 cm³/mol. The highest BCUT2D eigenvalue weighted by Crippen LogP contribution is 2.14. The topological polar surface area (TPSA) is 99.2 Å². The van der Waals surface area contributed by atoms with E-state index in [0.29, 0.717) is 11.4 Å². The summed E-state index contributed by atoms with van der Waals surface area (Å²) in [5, 5.41) is 3.96. The van der Waals surface area contributed by atoms with Gasteiger partial charge in [-0.15, -0.1) is 0 Å². The number of ether oxygens (including phenoxy) is 1. The second kappa shape index (κ2) is 6.17. The summed E-state index contributed by atoms with van der Waals surface area (Å²) in [6.07, 6.45) is 1.55. The zero-order chi connectivity index (χ0) is 13.8. The first kappa shape index (κ1) is 14.9. The zero-order valence-electron chi connectivity index (χ0n) is 10.9. The molecule has 0 amide bonds. The summed E-state index contributed by atoms with van der Waals surface area (Å²) in [5.41, 5.74) is 6.17. The molecule has 0 aliphatic heterocycles. The van der Waals surface area contributed by atoms with Gasteiger partial charge in [0.15, 0.2) is 0 Å². The molecule has 0 aromatic carbocycles. The minimum absolute atomic E-state index is 0.0107. The first-order valence-corrected chi connectivity index (χ1v) is 7.34. The molecule has 0 saturated heterocycles. The van der Waals surface area contributed by atoms with E-state index in [1.165, 1.54) is 4.68 Å². The van der Waals surface area contributed by atoms with Crippen molar-refractivity contribution in [1.29, 1.82) is 0 Å². The SMILES string of the molecule is CC(C)OCCS(=O)(=O)Nc1c(CN)cnn1C. The number of nitrogens with zero attached hydrogens (tertiary/aromatic N) is 2. The molecule has 3 N–H and O–H groups in total. The maximum absolute atomic E-state index is 11.8. The Hall–Kier alpha value is -1.12. The van der Waals surface area contributed by atoms with E-state index >= 15 is 0 Å². The van der Waals surface area contributed by atoms with E-state index in [1.807, 2.05) is 13.8 Å². The summed E-state index contributed by atoms with van der Waals surface area (Å²) >= 11 is 0. The van der Waals surface area contributed by atoms with Crippen molar-refractivity contribution in [3.05, 3.63) is 11.8 Å². The minimum atomic E-state index is -3.45. The first-order valence-electron chi connectivity index (χ1n) is 5.68. The zero-order valence-corrected chi connectivity index (χ0v) is 11.7. The average molecular weight is 276 g/mol. The van der Waals surface area contributed by atoms with Crippen LogP contribution in [0.5, 0.6) is 0 Å². The number of hydrogen-bond acceptors (Lipinski definition) is 5. The third-order valence-electron chi connectivity index (χ3n) is 2.29. The van der Waals surface area contributed by atoms with E-state index in [-0.39, 0.29) is 25.0 Å². The quantitative estimate of drug-likeness (QED) is 0.733. The van der Waals surface area contributed by atoms with Crippen LogP contribution in [0.2, 0.25) is 0 Å². The van der Waals surface area contributed by atoms with Crippen molar-refractivity contribution in [2.24, 2.45) is 12.8 Å². The molecule has 8 heteroatoms. The van der Waals surface area contributed by atoms with Gasteiger partial charge >= 0.3 is 0 Å². The van der Waals surface area contributed by atoms with Gasteiger partial charge in [0.05, 0.1) is 24.7 Å². The maximum Gasteiger partial charge on any atom is 0.236 e. The van der Waals surface area contributed by atoms with Crippen LogP contribution in [0.1, 0.15) is 19.4 Å². The molecule has 0 fully saturated rings. The second-order valence-corrected chi connectivity index (χ2v) is 6.03. The summed E-state index contributed by atoms with van der Waals surface area (Å²) < 4.78 is 32.8. The van der Waals surface area contributed by atoms with Gasteiger partial charge in [0.2, 0.25) is 10.0 Å². The van der Waals surface area contributed by atoms with Crippen molar-refractivity contribution in [3.8, 4) is 0 Å². The Kier molecular flexibility index (Phi) is 5.12. The highest BCUT2D eigenvalue weighted by molar-refractivity contribution is 7.92. The number of hydrogen-bond donors (Lipinski definition) is 2. The fourth-order valence-corrected chi connectivity index (χ4v) is 2.33. The summed E-state index contributed by atoms with van der Waals surface area (Å²) in [6, 6.07) is 0. The smallest absolute Gasteiger partial charge is 0.236 e. The van der Waals surface area contributed by atoms with E-state index in [1.54, 1.807) is 13.2 Å². The van der Waals surface area contributed by atoms with Crippen molar-refractivity contribution in [2.45, 2.75) is 26.5 Å². The summed E-state index contributed by atoms with van der Waals surface area (Å²) in [6.45, 7) is 4.10. The van der Waals surface area contributed by atoms with Crippen LogP contribution in [0.15, 0.2) is 6.20 Å². The molecule has 0 saturated carbocycles. The van der Waals surface area contributed by atoms with E-state index in [0.717, 1.165) is 0 Å². The molecular weight excluding hydrogens is 256 g/mol. The van der Waals surface area contributed by atoms with Gasteiger partial charge in [0, 0.05) is 19.2 Å². The largest absolute Gasteiger partial charge is 0.378 e. The Balaban J connectivity index is 2.67. The molecular formula is C10H20N4O3S. The van der Waals surface area contributed by atoms with Crippen LogP contribution >= 0.6 is 0 Å². The van der Waals surface area contributed by atoms with Gasteiger partial charge in [0.1, 0.15) is 5.82 Å². The standard InChI is InChI=1S/C10H20N4O3S/c1-8(2)17-4-5-18(15,16)13-10-9(6-11)7-12-14(10)3/h7-8,13H,4-6,11H2,1-3H3. The lowest BCUT2D eigenvalue weighted by molar-refractivity contribution is 0.0913. The predicted octanol–water partition coefficient (Wildman–Crippen LogP) is 0.0455. The third-order valence-corrected chi connectivity index (χ3v) is 3.50. The lowest BCUT2D eigenvalue weighted by Gasteiger charge is -2.11. The Bertz CT molecular complexity index is 481. The van der Waals surface area contributed by atoms with E-state index in [4.69, 9.17) is 10.5 Å². The molecule has 104 valence electrons. The number of aryl methyl sites for hydroxylation is 1. The van der Waals surface area contributed by atoms with Crippen molar-refractivity contribution in [2.75, 3.05) is 17.1 Å². The van der Waals surface area contributed by atoms with Crippen LogP contribution in [0.4, 0.5) is 5.82 Å². The van der Waals surface area contributed by atoms with Gasteiger partial charge in [0.25, 0.3) is 0 Å². The first-order chi connectivity index (χ1) is 8.35. The van der Waals surface area contributed by atoms with Gasteiger partial charge in [-0.05, 0) is 13.8 Å². The van der Waals surface area contributed by atoms with Crippen LogP contribution in [-0.2, 0) is 28.4 Å². The van der Waals surface area contributed by atoms with E-state index < -0.39 is 10.0 Å². The highest BCUT2D eigenvalue weighted by Gasteiger charge is 2.16. The number of sulfonamides is 1. The van der Waals surface area contributed by atoms with Gasteiger partial charge in [-0.2, -0.15) is 5.10 Å². The van der Waals surface area contributed by atoms with Gasteiger partial charge < -0.3 is 10.5 Å². The highest BCUT2D eigenvalue weighted by atomic mass is 32.2. The minimum Gasteiger partial charge on any atom is -0.378 e. The average Bonchev–Trinajstić information content (AvgIpc) is 2.58. The van der Waals surface area contributed by atoms with Crippen molar-refractivity contribution < 1.29 is 13.2 Å². The Morgan fingerprint density at radius 1 is 1.56 bits per heavy atom. The second-order valence-electron chi connectivity index (χ2n) is 4.19. The van der Waals surface area contributed by atoms with Crippen LogP contribution < -0.4 is 10.5 Å². The molecule has 0 aliphatic rings. The van der Waals surface area contributed by atoms with E-state index in [2.05, 4.69) is 9.82 Å². The molecule has 0 aliphatic carbocycles. The molecule has 0 unspecified atom stereocenters. The molecule has 0 bridgehead atoms. The summed E-state index contributed by atoms with van der Waals surface area (Å²) in [7, 11) is -1.79. The number of aromatic nitrogens is 2. The van der Waals surface area contributed by atoms with Crippen LogP contribution in [0.3, 0.4) is 0 Å². The number of rotatable bonds is 7. The molecule has 1 heterocycles. The number of nitrogens with one attached hydrogen (secondary N) is 1. The molecule has 1 rings (SSSR count). The molecule has 0 radical (unpaired) electrons. The fourth-order valence-electron chi connectivity index (χ4n) is 1.36. The number of anilines is 1. The van der Waals surface area contributed by atoms with Gasteiger partial charge in [-0.25, -0.2) is 8.42 Å². The Morgan fingerprint density at radius 3 is 2.78 bits per heavy atom. The van der Waals surface area contributed by atoms with Crippen molar-refractivity contribution >= 4 is 15.8 Å². The monoisotopic (exact) mass is 276 g/mol. The van der Waals surface area contributed by atoms with Crippen LogP contribution in [0.25, 0.3) is 0 Å². The van der Waals surface area contributed by atoms with Crippen LogP contribution in [-0.4, -0.2) is 36.7 Å². The molecule has 18 heavy (non-hydrogen) atoms. The molecule has 0 atom stereocenters. The van der Waals surface area contributed by atoms with Crippen molar-refractivity contribution in [3.63, 3.8) is 0 Å². The lowest BCUT2D eigenvalue weighted by atomic mass is 10.3. The van der Waals surface area contributed by atoms with Gasteiger partial charge in [-0.1, -0.05) is 0 Å². The molecule has 1 aromatic heterocycles. The van der Waals surface area contributed by atoms with Gasteiger partial charge in [-0.3, -0.25) is 9.40 Å². The maximum atomic E-state index is 11.8. The van der Waals surface area contributed by atoms with Crippen LogP contribution in [0, 0.1) is 0 Å². The van der Waals surface area contributed by atoms with Crippen molar-refractivity contribution in [1.82, 2.24) is 9.78 Å². The number of nitrogens with two attached hydrogens (primary N) is 1. The Morgan fingerprint density at radius 2 is 2.22 bits per heavy atom. The molecule has 1 aromatic rings. The Labute approximate surface area is 107 Å². The van der Waals surface area contributed by atoms with E-state index in [9.17, 15) is 8.42 Å². The molecule has 7 nitrogen and oxygen atoms in total. The summed E-state index contributed by atoms with van der Waals surface area (Å²) in [5.74, 6) is 0.308. The summed E-state index contributed by atoms with van der Waals surface area (Å²) in [4.78, 5) is 0. The lowest BCUT2D eigenvalue weighted by Crippen LogP contribution is -2.23. The normalized spacial score (nSPS) is 12.1. The molecule has 0 spiro atoms. The third kappa shape index (κ3) is 4.28.